The van der Waals surface area contributed by atoms with Gasteiger partial charge in [-0.15, -0.1) is 0 Å². The van der Waals surface area contributed by atoms with Crippen molar-refractivity contribution < 1.29 is 9.53 Å². The number of benzene rings is 1. The third kappa shape index (κ3) is 3.55. The Bertz CT molecular complexity index is 882. The van der Waals surface area contributed by atoms with Gasteiger partial charge in [-0.05, 0) is 31.2 Å². The lowest BCUT2D eigenvalue weighted by Gasteiger charge is -2.02. The predicted octanol–water partition coefficient (Wildman–Crippen LogP) is 4.65. The first-order valence-electron chi connectivity index (χ1n) is 6.72. The van der Waals surface area contributed by atoms with Crippen LogP contribution in [0.15, 0.2) is 30.5 Å². The Morgan fingerprint density at radius 3 is 2.91 bits per heavy atom. The van der Waals surface area contributed by atoms with Gasteiger partial charge in [-0.2, -0.15) is 0 Å². The number of aromatic nitrogens is 2. The first-order valence-corrected chi connectivity index (χ1v) is 8.30. The molecule has 2 aromatic heterocycles. The maximum Gasteiger partial charge on any atom is 0.259 e. The van der Waals surface area contributed by atoms with Crippen molar-refractivity contribution in [3.8, 4) is 5.75 Å². The van der Waals surface area contributed by atoms with Crippen LogP contribution in [0.25, 0.3) is 10.2 Å². The first kappa shape index (κ1) is 16.0. The van der Waals surface area contributed by atoms with E-state index in [0.29, 0.717) is 17.3 Å². The van der Waals surface area contributed by atoms with Gasteiger partial charge in [-0.3, -0.25) is 10.1 Å². The molecule has 8 heteroatoms. The number of nitrogens with zero attached hydrogens (tertiary/aromatic N) is 2. The third-order valence-corrected chi connectivity index (χ3v) is 4.57. The van der Waals surface area contributed by atoms with Crippen LogP contribution in [0.5, 0.6) is 5.75 Å². The molecule has 0 aliphatic carbocycles. The van der Waals surface area contributed by atoms with E-state index in [9.17, 15) is 4.79 Å². The van der Waals surface area contributed by atoms with Crippen molar-refractivity contribution in [2.75, 3.05) is 11.9 Å². The monoisotopic (exact) mass is 367 g/mol. The Morgan fingerprint density at radius 2 is 2.17 bits per heavy atom. The van der Waals surface area contributed by atoms with Crippen LogP contribution in [-0.4, -0.2) is 22.5 Å². The van der Waals surface area contributed by atoms with Gasteiger partial charge < -0.3 is 4.74 Å². The summed E-state index contributed by atoms with van der Waals surface area (Å²) in [6.45, 7) is 2.52. The van der Waals surface area contributed by atoms with Crippen LogP contribution in [0.2, 0.25) is 10.2 Å². The Kier molecular flexibility index (Phi) is 4.66. The molecule has 3 aromatic rings. The highest BCUT2D eigenvalue weighted by atomic mass is 35.5. The number of nitrogens with one attached hydrogen (secondary N) is 1. The zero-order valence-electron chi connectivity index (χ0n) is 12.0. The minimum Gasteiger partial charge on any atom is -0.494 e. The number of hydrogen-bond acceptors (Lipinski definition) is 5. The Balaban J connectivity index is 1.82. The number of fused-ring (bicyclic) bond motifs is 1. The summed E-state index contributed by atoms with van der Waals surface area (Å²) in [5.41, 5.74) is 1.11. The van der Waals surface area contributed by atoms with E-state index in [4.69, 9.17) is 27.9 Å². The molecule has 0 aliphatic rings. The van der Waals surface area contributed by atoms with Gasteiger partial charge in [0.2, 0.25) is 0 Å². The molecule has 0 saturated heterocycles. The number of carbonyl (C=O) groups is 1. The van der Waals surface area contributed by atoms with E-state index < -0.39 is 0 Å². The zero-order valence-corrected chi connectivity index (χ0v) is 14.3. The van der Waals surface area contributed by atoms with E-state index in [1.54, 1.807) is 0 Å². The summed E-state index contributed by atoms with van der Waals surface area (Å²) in [5, 5.41) is 3.61. The highest BCUT2D eigenvalue weighted by Gasteiger charge is 2.12. The standard InChI is InChI=1S/C15H11Cl2N3O2S/c1-2-22-9-3-4-11-12(6-9)23-15(19-11)20-14(21)8-5-10(16)13(17)18-7-8/h3-7H,2H2,1H3,(H,19,20,21). The van der Waals surface area contributed by atoms with Gasteiger partial charge in [0, 0.05) is 6.20 Å². The Hall–Kier alpha value is -1.89. The lowest BCUT2D eigenvalue weighted by Crippen LogP contribution is -2.12. The van der Waals surface area contributed by atoms with Gasteiger partial charge in [-0.1, -0.05) is 34.5 Å². The van der Waals surface area contributed by atoms with Crippen LogP contribution >= 0.6 is 34.5 Å². The lowest BCUT2D eigenvalue weighted by atomic mass is 10.3. The molecule has 0 unspecified atom stereocenters. The van der Waals surface area contributed by atoms with E-state index in [1.165, 1.54) is 23.6 Å². The number of ether oxygens (including phenoxy) is 1. The van der Waals surface area contributed by atoms with Crippen molar-refractivity contribution in [2.45, 2.75) is 6.92 Å². The molecule has 2 heterocycles. The molecule has 0 aliphatic heterocycles. The summed E-state index contributed by atoms with van der Waals surface area (Å²) >= 11 is 13.0. The van der Waals surface area contributed by atoms with Crippen molar-refractivity contribution >= 4 is 55.8 Å². The maximum atomic E-state index is 12.2. The van der Waals surface area contributed by atoms with E-state index >= 15 is 0 Å². The second-order valence-electron chi connectivity index (χ2n) is 4.53. The number of halogens is 2. The molecule has 1 N–H and O–H groups in total. The van der Waals surface area contributed by atoms with Crippen molar-refractivity contribution in [2.24, 2.45) is 0 Å². The normalized spacial score (nSPS) is 10.7. The highest BCUT2D eigenvalue weighted by Crippen LogP contribution is 2.29. The summed E-state index contributed by atoms with van der Waals surface area (Å²) in [5.74, 6) is 0.426. The number of pyridine rings is 1. The van der Waals surface area contributed by atoms with Crippen LogP contribution < -0.4 is 10.1 Å². The van der Waals surface area contributed by atoms with Crippen LogP contribution in [0.4, 0.5) is 5.13 Å². The third-order valence-electron chi connectivity index (χ3n) is 2.95. The summed E-state index contributed by atoms with van der Waals surface area (Å²) in [4.78, 5) is 20.4. The minimum absolute atomic E-state index is 0.159. The molecular weight excluding hydrogens is 357 g/mol. The molecular formula is C15H11Cl2N3O2S. The fourth-order valence-electron chi connectivity index (χ4n) is 1.93. The molecule has 5 nitrogen and oxygen atoms in total. The van der Waals surface area contributed by atoms with Gasteiger partial charge in [0.15, 0.2) is 5.13 Å². The molecule has 1 amide bonds. The number of anilines is 1. The minimum atomic E-state index is -0.347. The van der Waals surface area contributed by atoms with Crippen molar-refractivity contribution in [1.82, 2.24) is 9.97 Å². The van der Waals surface area contributed by atoms with Gasteiger partial charge >= 0.3 is 0 Å². The number of rotatable bonds is 4. The van der Waals surface area contributed by atoms with Crippen molar-refractivity contribution in [1.29, 1.82) is 0 Å². The molecule has 0 atom stereocenters. The summed E-state index contributed by atoms with van der Waals surface area (Å²) in [7, 11) is 0. The topological polar surface area (TPSA) is 64.1 Å². The van der Waals surface area contributed by atoms with Gasteiger partial charge in [-0.25, -0.2) is 9.97 Å². The second kappa shape index (κ2) is 6.70. The molecule has 118 valence electrons. The molecule has 3 rings (SSSR count). The van der Waals surface area contributed by atoms with Crippen LogP contribution in [-0.2, 0) is 0 Å². The van der Waals surface area contributed by atoms with Crippen LogP contribution in [0.3, 0.4) is 0 Å². The predicted molar refractivity (Wildman–Crippen MR) is 93.0 cm³/mol. The molecule has 23 heavy (non-hydrogen) atoms. The molecule has 0 saturated carbocycles. The number of hydrogen-bond donors (Lipinski definition) is 1. The van der Waals surface area contributed by atoms with Gasteiger partial charge in [0.25, 0.3) is 5.91 Å². The van der Waals surface area contributed by atoms with E-state index in [0.717, 1.165) is 16.0 Å². The molecule has 0 spiro atoms. The van der Waals surface area contributed by atoms with Crippen LogP contribution in [0.1, 0.15) is 17.3 Å². The van der Waals surface area contributed by atoms with E-state index in [-0.39, 0.29) is 16.1 Å². The van der Waals surface area contributed by atoms with Crippen molar-refractivity contribution in [3.63, 3.8) is 0 Å². The summed E-state index contributed by atoms with van der Waals surface area (Å²) < 4.78 is 6.38. The lowest BCUT2D eigenvalue weighted by molar-refractivity contribution is 0.102. The fourth-order valence-corrected chi connectivity index (χ4v) is 3.09. The first-order chi connectivity index (χ1) is 11.1. The van der Waals surface area contributed by atoms with E-state index in [1.807, 2.05) is 25.1 Å². The summed E-state index contributed by atoms with van der Waals surface area (Å²) in [6, 6.07) is 7.06. The Labute approximate surface area is 146 Å². The molecule has 0 radical (unpaired) electrons. The van der Waals surface area contributed by atoms with Crippen LogP contribution in [0, 0.1) is 0 Å². The molecule has 1 aromatic carbocycles. The zero-order chi connectivity index (χ0) is 16.4. The molecule has 0 fully saturated rings. The fraction of sp³-hybridized carbons (Fsp3) is 0.133. The molecule has 0 bridgehead atoms. The SMILES string of the molecule is CCOc1ccc2nc(NC(=O)c3cnc(Cl)c(Cl)c3)sc2c1. The maximum absolute atomic E-state index is 12.2. The largest absolute Gasteiger partial charge is 0.494 e. The van der Waals surface area contributed by atoms with Crippen molar-refractivity contribution in [3.05, 3.63) is 46.2 Å². The smallest absolute Gasteiger partial charge is 0.259 e. The number of thiazole rings is 1. The average molecular weight is 368 g/mol. The number of carbonyl (C=O) groups excluding carboxylic acids is 1. The quantitative estimate of drug-likeness (QED) is 0.681. The second-order valence-corrected chi connectivity index (χ2v) is 6.33. The summed E-state index contributed by atoms with van der Waals surface area (Å²) in [6.07, 6.45) is 1.37. The van der Waals surface area contributed by atoms with Gasteiger partial charge in [0.05, 0.1) is 27.4 Å². The van der Waals surface area contributed by atoms with E-state index in [2.05, 4.69) is 15.3 Å². The number of amides is 1. The highest BCUT2D eigenvalue weighted by molar-refractivity contribution is 7.22. The Morgan fingerprint density at radius 1 is 1.35 bits per heavy atom. The van der Waals surface area contributed by atoms with Gasteiger partial charge in [0.1, 0.15) is 10.9 Å². The average Bonchev–Trinajstić information content (AvgIpc) is 2.91.